The maximum Gasteiger partial charge on any atom is 0.161 e. The van der Waals surface area contributed by atoms with Gasteiger partial charge in [-0.25, -0.2) is 0 Å². The van der Waals surface area contributed by atoms with E-state index in [-0.39, 0.29) is 6.04 Å². The van der Waals surface area contributed by atoms with Crippen molar-refractivity contribution in [1.29, 1.82) is 0 Å². The van der Waals surface area contributed by atoms with Crippen molar-refractivity contribution in [2.45, 2.75) is 26.3 Å². The predicted molar refractivity (Wildman–Crippen MR) is 95.3 cm³/mol. The third-order valence-electron chi connectivity index (χ3n) is 4.29. The zero-order valence-electron chi connectivity index (χ0n) is 14.6. The molecule has 1 atom stereocenters. The maximum atomic E-state index is 5.81. The number of fused-ring (bicyclic) bond motifs is 1. The van der Waals surface area contributed by atoms with Crippen molar-refractivity contribution in [3.8, 4) is 17.2 Å². The zero-order chi connectivity index (χ0) is 16.9. The quantitative estimate of drug-likeness (QED) is 0.877. The van der Waals surface area contributed by atoms with E-state index in [0.29, 0.717) is 13.2 Å². The van der Waals surface area contributed by atoms with Crippen molar-refractivity contribution in [2.24, 2.45) is 0 Å². The molecule has 4 nitrogen and oxygen atoms in total. The first-order chi connectivity index (χ1) is 11.8. The normalized spacial score (nSPS) is 16.4. The van der Waals surface area contributed by atoms with Crippen LogP contribution in [0.15, 0.2) is 36.4 Å². The zero-order valence-corrected chi connectivity index (χ0v) is 14.6. The van der Waals surface area contributed by atoms with Gasteiger partial charge >= 0.3 is 0 Å². The van der Waals surface area contributed by atoms with Crippen molar-refractivity contribution >= 4 is 0 Å². The van der Waals surface area contributed by atoms with Gasteiger partial charge in [0.05, 0.1) is 26.4 Å². The molecular formula is C20H25NO3. The van der Waals surface area contributed by atoms with E-state index in [1.165, 1.54) is 16.7 Å². The molecule has 24 heavy (non-hydrogen) atoms. The van der Waals surface area contributed by atoms with Gasteiger partial charge in [0.2, 0.25) is 0 Å². The Morgan fingerprint density at radius 2 is 1.79 bits per heavy atom. The van der Waals surface area contributed by atoms with E-state index in [4.69, 9.17) is 14.2 Å². The van der Waals surface area contributed by atoms with E-state index < -0.39 is 0 Å². The summed E-state index contributed by atoms with van der Waals surface area (Å²) >= 11 is 0. The largest absolute Gasteiger partial charge is 0.497 e. The van der Waals surface area contributed by atoms with Crippen molar-refractivity contribution in [2.75, 3.05) is 26.9 Å². The average Bonchev–Trinajstić information content (AvgIpc) is 2.62. The smallest absolute Gasteiger partial charge is 0.161 e. The molecule has 0 spiro atoms. The molecule has 0 saturated carbocycles. The standard InChI is InChI=1S/C20H25NO3/c1-4-23-18-12-14-9-10-21-20(17(14)13-19(18)24-5-2)15-7-6-8-16(11-15)22-3/h6-8,11-13,20-21H,4-5,9-10H2,1-3H3. The number of hydrogen-bond donors (Lipinski definition) is 1. The minimum absolute atomic E-state index is 0.138. The highest BCUT2D eigenvalue weighted by Gasteiger charge is 2.24. The van der Waals surface area contributed by atoms with Crippen LogP contribution in [0.1, 0.15) is 36.6 Å². The van der Waals surface area contributed by atoms with Crippen LogP contribution in [0.5, 0.6) is 17.2 Å². The van der Waals surface area contributed by atoms with Gasteiger partial charge in [-0.15, -0.1) is 0 Å². The van der Waals surface area contributed by atoms with E-state index in [1.807, 2.05) is 26.0 Å². The number of hydrogen-bond acceptors (Lipinski definition) is 4. The molecule has 1 N–H and O–H groups in total. The monoisotopic (exact) mass is 327 g/mol. The molecule has 0 amide bonds. The molecule has 0 aromatic heterocycles. The lowest BCUT2D eigenvalue weighted by Gasteiger charge is -2.29. The first-order valence-electron chi connectivity index (χ1n) is 8.56. The molecule has 2 aromatic carbocycles. The van der Waals surface area contributed by atoms with Crippen LogP contribution in [-0.4, -0.2) is 26.9 Å². The number of rotatable bonds is 6. The summed E-state index contributed by atoms with van der Waals surface area (Å²) in [6, 6.07) is 12.6. The third-order valence-corrected chi connectivity index (χ3v) is 4.29. The van der Waals surface area contributed by atoms with Gasteiger partial charge in [-0.2, -0.15) is 0 Å². The number of benzene rings is 2. The van der Waals surface area contributed by atoms with Gasteiger partial charge in [0.1, 0.15) is 5.75 Å². The Hall–Kier alpha value is -2.20. The van der Waals surface area contributed by atoms with Crippen LogP contribution in [0.3, 0.4) is 0 Å². The first-order valence-corrected chi connectivity index (χ1v) is 8.56. The molecule has 0 bridgehead atoms. The first kappa shape index (κ1) is 16.7. The highest BCUT2D eigenvalue weighted by atomic mass is 16.5. The van der Waals surface area contributed by atoms with Crippen molar-refractivity contribution in [3.63, 3.8) is 0 Å². The summed E-state index contributed by atoms with van der Waals surface area (Å²) in [6.45, 7) is 6.18. The topological polar surface area (TPSA) is 39.7 Å². The molecule has 0 fully saturated rings. The van der Waals surface area contributed by atoms with Crippen LogP contribution >= 0.6 is 0 Å². The highest BCUT2D eigenvalue weighted by molar-refractivity contribution is 5.52. The second-order valence-corrected chi connectivity index (χ2v) is 5.78. The molecule has 0 saturated heterocycles. The summed E-state index contributed by atoms with van der Waals surface area (Å²) in [4.78, 5) is 0. The molecule has 3 rings (SSSR count). The Balaban J connectivity index is 2.03. The van der Waals surface area contributed by atoms with Gasteiger partial charge < -0.3 is 19.5 Å². The van der Waals surface area contributed by atoms with E-state index in [0.717, 1.165) is 30.2 Å². The summed E-state index contributed by atoms with van der Waals surface area (Å²) in [6.07, 6.45) is 0.988. The van der Waals surface area contributed by atoms with Gasteiger partial charge in [-0.3, -0.25) is 0 Å². The van der Waals surface area contributed by atoms with E-state index in [1.54, 1.807) is 7.11 Å². The van der Waals surface area contributed by atoms with Gasteiger partial charge in [0.25, 0.3) is 0 Å². The van der Waals surface area contributed by atoms with Gasteiger partial charge in [0, 0.05) is 6.54 Å². The molecule has 0 aliphatic carbocycles. The van der Waals surface area contributed by atoms with E-state index >= 15 is 0 Å². The van der Waals surface area contributed by atoms with Crippen molar-refractivity contribution in [3.05, 3.63) is 53.1 Å². The maximum absolute atomic E-state index is 5.81. The van der Waals surface area contributed by atoms with Gasteiger partial charge in [-0.05, 0) is 61.2 Å². The Morgan fingerprint density at radius 1 is 1.04 bits per heavy atom. The Labute approximate surface area is 143 Å². The van der Waals surface area contributed by atoms with Gasteiger partial charge in [0.15, 0.2) is 11.5 Å². The molecule has 1 unspecified atom stereocenters. The number of methoxy groups -OCH3 is 1. The van der Waals surface area contributed by atoms with Crippen molar-refractivity contribution in [1.82, 2.24) is 5.32 Å². The van der Waals surface area contributed by atoms with Crippen LogP contribution < -0.4 is 19.5 Å². The van der Waals surface area contributed by atoms with Crippen LogP contribution in [0.4, 0.5) is 0 Å². The number of nitrogens with one attached hydrogen (secondary N) is 1. The number of ether oxygens (including phenoxy) is 3. The molecular weight excluding hydrogens is 302 g/mol. The predicted octanol–water partition coefficient (Wildman–Crippen LogP) is 3.73. The summed E-state index contributed by atoms with van der Waals surface area (Å²) < 4.78 is 16.9. The summed E-state index contributed by atoms with van der Waals surface area (Å²) in [5.74, 6) is 2.52. The molecule has 2 aromatic rings. The van der Waals surface area contributed by atoms with Crippen LogP contribution in [-0.2, 0) is 6.42 Å². The Morgan fingerprint density at radius 3 is 2.50 bits per heavy atom. The lowest BCUT2D eigenvalue weighted by molar-refractivity contribution is 0.286. The van der Waals surface area contributed by atoms with Crippen LogP contribution in [0, 0.1) is 0 Å². The summed E-state index contributed by atoms with van der Waals surface area (Å²) in [5.41, 5.74) is 3.76. The molecule has 128 valence electrons. The second-order valence-electron chi connectivity index (χ2n) is 5.78. The molecule has 1 aliphatic rings. The molecule has 1 aliphatic heterocycles. The average molecular weight is 327 g/mol. The third kappa shape index (κ3) is 3.34. The minimum atomic E-state index is 0.138. The second kappa shape index (κ2) is 7.58. The van der Waals surface area contributed by atoms with Crippen molar-refractivity contribution < 1.29 is 14.2 Å². The fourth-order valence-corrected chi connectivity index (χ4v) is 3.22. The van der Waals surface area contributed by atoms with E-state index in [2.05, 4.69) is 29.6 Å². The fourth-order valence-electron chi connectivity index (χ4n) is 3.22. The Kier molecular flexibility index (Phi) is 5.26. The Bertz CT molecular complexity index is 699. The SMILES string of the molecule is CCOc1cc2c(cc1OCC)C(c1cccc(OC)c1)NCC2. The molecule has 1 heterocycles. The van der Waals surface area contributed by atoms with Crippen LogP contribution in [0.2, 0.25) is 0 Å². The van der Waals surface area contributed by atoms with Crippen LogP contribution in [0.25, 0.3) is 0 Å². The highest BCUT2D eigenvalue weighted by Crippen LogP contribution is 2.38. The molecule has 4 heteroatoms. The lowest BCUT2D eigenvalue weighted by atomic mass is 9.89. The van der Waals surface area contributed by atoms with E-state index in [9.17, 15) is 0 Å². The van der Waals surface area contributed by atoms with Gasteiger partial charge in [-0.1, -0.05) is 12.1 Å². The lowest BCUT2D eigenvalue weighted by Crippen LogP contribution is -2.30. The fraction of sp³-hybridized carbons (Fsp3) is 0.400. The minimum Gasteiger partial charge on any atom is -0.497 e. The molecule has 0 radical (unpaired) electrons. The summed E-state index contributed by atoms with van der Waals surface area (Å²) in [5, 5.41) is 3.61. The summed E-state index contributed by atoms with van der Waals surface area (Å²) in [7, 11) is 1.70.